The molecule has 84 valence electrons. The normalized spacial score (nSPS) is 23.4. The van der Waals surface area contributed by atoms with Crippen LogP contribution in [0.4, 0.5) is 0 Å². The van der Waals surface area contributed by atoms with Gasteiger partial charge in [-0.15, -0.1) is 28.3 Å². The van der Waals surface area contributed by atoms with E-state index in [1.54, 1.807) is 11.8 Å². The van der Waals surface area contributed by atoms with Crippen molar-refractivity contribution >= 4 is 35.0 Å². The summed E-state index contributed by atoms with van der Waals surface area (Å²) in [4.78, 5) is 4.37. The summed E-state index contributed by atoms with van der Waals surface area (Å²) in [5.74, 6) is 2.58. The van der Waals surface area contributed by atoms with E-state index in [9.17, 15) is 0 Å². The van der Waals surface area contributed by atoms with Gasteiger partial charge in [-0.3, -0.25) is 5.10 Å². The molecule has 3 nitrogen and oxygen atoms in total. The fraction of sp³-hybridized carbons (Fsp3) is 0.778. The molecule has 0 spiro atoms. The molecule has 1 atom stereocenters. The Bertz CT molecular complexity index is 351. The number of aromatic nitrogens is 3. The lowest BCUT2D eigenvalue weighted by Gasteiger charge is -1.97. The summed E-state index contributed by atoms with van der Waals surface area (Å²) in [5.41, 5.74) is 0. The number of rotatable bonds is 4. The highest BCUT2D eigenvalue weighted by molar-refractivity contribution is 7.99. The van der Waals surface area contributed by atoms with E-state index < -0.39 is 4.33 Å². The average Bonchev–Trinajstić information content (AvgIpc) is 2.63. The summed E-state index contributed by atoms with van der Waals surface area (Å²) < 4.78 is -0.496. The van der Waals surface area contributed by atoms with Gasteiger partial charge in [0, 0.05) is 17.6 Å². The van der Waals surface area contributed by atoms with E-state index in [0.717, 1.165) is 23.2 Å². The Morgan fingerprint density at radius 1 is 1.60 bits per heavy atom. The number of alkyl halides is 2. The maximum Gasteiger partial charge on any atom is 0.208 e. The molecule has 6 heteroatoms. The van der Waals surface area contributed by atoms with Gasteiger partial charge in [0.2, 0.25) is 5.16 Å². The number of nitrogens with zero attached hydrogens (tertiary/aromatic N) is 2. The van der Waals surface area contributed by atoms with Crippen LogP contribution in [0.3, 0.4) is 0 Å². The van der Waals surface area contributed by atoms with Crippen LogP contribution in [0.1, 0.15) is 32.0 Å². The Morgan fingerprint density at radius 2 is 2.27 bits per heavy atom. The highest BCUT2D eigenvalue weighted by Gasteiger charge is 2.51. The second-order valence-electron chi connectivity index (χ2n) is 4.13. The van der Waals surface area contributed by atoms with Crippen molar-refractivity contribution in [3.8, 4) is 0 Å². The minimum Gasteiger partial charge on any atom is -0.262 e. The second-order valence-corrected chi connectivity index (χ2v) is 6.66. The smallest absolute Gasteiger partial charge is 0.208 e. The number of nitrogens with one attached hydrogen (secondary N) is 1. The van der Waals surface area contributed by atoms with Crippen molar-refractivity contribution in [3.63, 3.8) is 0 Å². The number of H-pyrrole nitrogens is 1. The molecule has 1 heterocycles. The van der Waals surface area contributed by atoms with Crippen molar-refractivity contribution in [2.24, 2.45) is 5.92 Å². The zero-order chi connectivity index (χ0) is 11.1. The predicted molar refractivity (Wildman–Crippen MR) is 63.7 cm³/mol. The van der Waals surface area contributed by atoms with Gasteiger partial charge in [0.15, 0.2) is 0 Å². The van der Waals surface area contributed by atoms with Crippen molar-refractivity contribution in [2.45, 2.75) is 35.7 Å². The van der Waals surface area contributed by atoms with Crippen molar-refractivity contribution in [2.75, 3.05) is 5.75 Å². The third-order valence-corrected chi connectivity index (χ3v) is 4.33. The summed E-state index contributed by atoms with van der Waals surface area (Å²) in [6.45, 7) is 4.16. The Morgan fingerprint density at radius 3 is 2.73 bits per heavy atom. The lowest BCUT2D eigenvalue weighted by atomic mass is 10.2. The van der Waals surface area contributed by atoms with Gasteiger partial charge < -0.3 is 0 Å². The van der Waals surface area contributed by atoms with Crippen LogP contribution in [-0.2, 0) is 0 Å². The van der Waals surface area contributed by atoms with Crippen LogP contribution in [0.2, 0.25) is 0 Å². The van der Waals surface area contributed by atoms with Gasteiger partial charge >= 0.3 is 0 Å². The molecule has 1 aliphatic carbocycles. The van der Waals surface area contributed by atoms with Gasteiger partial charge in [-0.05, 0) is 6.42 Å². The van der Waals surface area contributed by atoms with Crippen LogP contribution in [0.5, 0.6) is 0 Å². The topological polar surface area (TPSA) is 41.6 Å². The monoisotopic (exact) mass is 265 g/mol. The lowest BCUT2D eigenvalue weighted by Crippen LogP contribution is -1.93. The van der Waals surface area contributed by atoms with E-state index in [-0.39, 0.29) is 0 Å². The molecule has 0 saturated heterocycles. The molecule has 1 aromatic rings. The van der Waals surface area contributed by atoms with Crippen LogP contribution in [0.15, 0.2) is 5.16 Å². The summed E-state index contributed by atoms with van der Waals surface area (Å²) >= 11 is 13.5. The molecule has 0 aliphatic heterocycles. The van der Waals surface area contributed by atoms with Gasteiger partial charge in [0.25, 0.3) is 0 Å². The van der Waals surface area contributed by atoms with Gasteiger partial charge in [-0.2, -0.15) is 0 Å². The number of hydrogen-bond acceptors (Lipinski definition) is 3. The van der Waals surface area contributed by atoms with E-state index in [4.69, 9.17) is 23.2 Å². The Kier molecular flexibility index (Phi) is 3.20. The first kappa shape index (κ1) is 11.6. The third kappa shape index (κ3) is 2.80. The van der Waals surface area contributed by atoms with E-state index in [1.807, 2.05) is 0 Å². The average molecular weight is 266 g/mol. The highest BCUT2D eigenvalue weighted by Crippen LogP contribution is 2.54. The molecular formula is C9H13Cl2N3S. The SMILES string of the molecule is CC(C)c1nc(SC[C@H]2CC2(Cl)Cl)n[nH]1. The molecule has 0 radical (unpaired) electrons. The molecule has 0 unspecified atom stereocenters. The van der Waals surface area contributed by atoms with Gasteiger partial charge in [0.05, 0.1) is 0 Å². The van der Waals surface area contributed by atoms with Crippen LogP contribution in [-0.4, -0.2) is 25.3 Å². The molecule has 1 saturated carbocycles. The number of hydrogen-bond donors (Lipinski definition) is 1. The summed E-state index contributed by atoms with van der Waals surface area (Å²) in [5, 5.41) is 7.83. The minimum atomic E-state index is -0.496. The standard InChI is InChI=1S/C9H13Cl2N3S/c1-5(2)7-12-8(14-13-7)15-4-6-3-9(6,10)11/h5-6H,3-4H2,1-2H3,(H,12,13,14)/t6-/m1/s1. The zero-order valence-electron chi connectivity index (χ0n) is 8.63. The van der Waals surface area contributed by atoms with Crippen LogP contribution in [0.25, 0.3) is 0 Å². The molecule has 0 amide bonds. The van der Waals surface area contributed by atoms with Crippen molar-refractivity contribution in [3.05, 3.63) is 5.82 Å². The maximum absolute atomic E-state index is 5.93. The molecule has 1 N–H and O–H groups in total. The molecular weight excluding hydrogens is 253 g/mol. The largest absolute Gasteiger partial charge is 0.262 e. The molecule has 2 rings (SSSR count). The Hall–Kier alpha value is 0.0700. The van der Waals surface area contributed by atoms with Gasteiger partial charge in [-0.1, -0.05) is 25.6 Å². The second kappa shape index (κ2) is 4.15. The summed E-state index contributed by atoms with van der Waals surface area (Å²) in [6, 6.07) is 0. The first-order chi connectivity index (χ1) is 6.99. The van der Waals surface area contributed by atoms with Crippen LogP contribution >= 0.6 is 35.0 Å². The minimum absolute atomic E-state index is 0.381. The third-order valence-electron chi connectivity index (χ3n) is 2.40. The molecule has 0 aromatic carbocycles. The fourth-order valence-electron chi connectivity index (χ4n) is 1.21. The van der Waals surface area contributed by atoms with E-state index in [0.29, 0.717) is 11.8 Å². The number of thioether (sulfide) groups is 1. The first-order valence-corrected chi connectivity index (χ1v) is 6.66. The molecule has 0 bridgehead atoms. The first-order valence-electron chi connectivity index (χ1n) is 4.92. The fourth-order valence-corrected chi connectivity index (χ4v) is 2.94. The van der Waals surface area contributed by atoms with Gasteiger partial charge in [0.1, 0.15) is 10.2 Å². The number of aromatic amines is 1. The summed E-state index contributed by atoms with van der Waals surface area (Å²) in [7, 11) is 0. The highest BCUT2D eigenvalue weighted by atomic mass is 35.5. The summed E-state index contributed by atoms with van der Waals surface area (Å²) in [6.07, 6.45) is 0.880. The van der Waals surface area contributed by atoms with Crippen molar-refractivity contribution < 1.29 is 0 Å². The molecule has 1 aromatic heterocycles. The van der Waals surface area contributed by atoms with E-state index >= 15 is 0 Å². The van der Waals surface area contributed by atoms with Crippen LogP contribution < -0.4 is 0 Å². The molecule has 1 aliphatic rings. The molecule has 1 fully saturated rings. The molecule has 15 heavy (non-hydrogen) atoms. The van der Waals surface area contributed by atoms with Crippen molar-refractivity contribution in [1.82, 2.24) is 15.2 Å². The Balaban J connectivity index is 1.84. The zero-order valence-corrected chi connectivity index (χ0v) is 11.0. The Labute approximate surface area is 103 Å². The number of halogens is 2. The van der Waals surface area contributed by atoms with Crippen molar-refractivity contribution in [1.29, 1.82) is 0 Å². The van der Waals surface area contributed by atoms with E-state index in [1.165, 1.54) is 0 Å². The van der Waals surface area contributed by atoms with Crippen LogP contribution in [0, 0.1) is 5.92 Å². The lowest BCUT2D eigenvalue weighted by molar-refractivity contribution is 0.780. The van der Waals surface area contributed by atoms with E-state index in [2.05, 4.69) is 29.0 Å². The predicted octanol–water partition coefficient (Wildman–Crippen LogP) is 3.21. The maximum atomic E-state index is 5.93. The van der Waals surface area contributed by atoms with Gasteiger partial charge in [-0.25, -0.2) is 4.98 Å². The quantitative estimate of drug-likeness (QED) is 0.672.